The van der Waals surface area contributed by atoms with Gasteiger partial charge in [0.25, 0.3) is 0 Å². The lowest BCUT2D eigenvalue weighted by molar-refractivity contribution is 0.131. The lowest BCUT2D eigenvalue weighted by Gasteiger charge is -2.41. The van der Waals surface area contributed by atoms with Crippen LogP contribution in [0.4, 0.5) is 0 Å². The number of rotatable bonds is 7. The molecular formula is C19H26ClN5O. The molecule has 1 aliphatic rings. The predicted molar refractivity (Wildman–Crippen MR) is 104 cm³/mol. The standard InChI is InChI=1S/C19H26ClN5O/c1-3-19(9-5-10-19)13-23-18(21-2)22-11-8-16-24-17(25-26-16)14-6-4-7-15(20)12-14/h4,6-7,12H,3,5,8-11,13H2,1-2H3,(H2,21,22,23). The molecule has 0 unspecified atom stereocenters. The molecule has 0 aliphatic heterocycles. The van der Waals surface area contributed by atoms with E-state index in [-0.39, 0.29) is 0 Å². The van der Waals surface area contributed by atoms with Gasteiger partial charge in [0, 0.05) is 37.1 Å². The number of halogens is 1. The number of nitrogens with one attached hydrogen (secondary N) is 2. The minimum absolute atomic E-state index is 0.454. The van der Waals surface area contributed by atoms with E-state index < -0.39 is 0 Å². The molecule has 2 N–H and O–H groups in total. The molecule has 140 valence electrons. The lowest BCUT2D eigenvalue weighted by Crippen LogP contribution is -2.46. The second-order valence-corrected chi connectivity index (χ2v) is 7.27. The summed E-state index contributed by atoms with van der Waals surface area (Å²) in [5, 5.41) is 11.4. The largest absolute Gasteiger partial charge is 0.356 e. The first kappa shape index (κ1) is 18.7. The molecule has 3 rings (SSSR count). The molecule has 26 heavy (non-hydrogen) atoms. The van der Waals surface area contributed by atoms with Gasteiger partial charge in [0.2, 0.25) is 11.7 Å². The summed E-state index contributed by atoms with van der Waals surface area (Å²) in [7, 11) is 1.79. The first-order chi connectivity index (χ1) is 12.6. The van der Waals surface area contributed by atoms with Crippen molar-refractivity contribution in [2.24, 2.45) is 10.4 Å². The summed E-state index contributed by atoms with van der Waals surface area (Å²) in [6.45, 7) is 3.92. The van der Waals surface area contributed by atoms with Crippen molar-refractivity contribution in [3.63, 3.8) is 0 Å². The normalized spacial score (nSPS) is 16.2. The van der Waals surface area contributed by atoms with Gasteiger partial charge in [-0.1, -0.05) is 42.2 Å². The first-order valence-corrected chi connectivity index (χ1v) is 9.55. The second kappa shape index (κ2) is 8.54. The van der Waals surface area contributed by atoms with Gasteiger partial charge in [-0.2, -0.15) is 4.98 Å². The fourth-order valence-electron chi connectivity index (χ4n) is 3.21. The van der Waals surface area contributed by atoms with E-state index in [1.165, 1.54) is 25.7 Å². The Hall–Kier alpha value is -2.08. The van der Waals surface area contributed by atoms with Crippen LogP contribution >= 0.6 is 11.6 Å². The van der Waals surface area contributed by atoms with Crippen molar-refractivity contribution in [1.82, 2.24) is 20.8 Å². The molecule has 1 heterocycles. The summed E-state index contributed by atoms with van der Waals surface area (Å²) in [4.78, 5) is 8.72. The third-order valence-electron chi connectivity index (χ3n) is 5.20. The third-order valence-corrected chi connectivity index (χ3v) is 5.44. The number of aliphatic imine (C=N–C) groups is 1. The van der Waals surface area contributed by atoms with Crippen molar-refractivity contribution in [3.8, 4) is 11.4 Å². The summed E-state index contributed by atoms with van der Waals surface area (Å²) >= 11 is 6.01. The van der Waals surface area contributed by atoms with Crippen LogP contribution in [-0.4, -0.2) is 36.2 Å². The molecule has 2 aromatic rings. The molecule has 0 atom stereocenters. The van der Waals surface area contributed by atoms with E-state index in [4.69, 9.17) is 16.1 Å². The number of hydrogen-bond donors (Lipinski definition) is 2. The van der Waals surface area contributed by atoms with Crippen LogP contribution in [0.5, 0.6) is 0 Å². The average Bonchev–Trinajstić information content (AvgIpc) is 3.08. The minimum atomic E-state index is 0.454. The zero-order valence-corrected chi connectivity index (χ0v) is 16.1. The maximum absolute atomic E-state index is 6.01. The topological polar surface area (TPSA) is 75.3 Å². The van der Waals surface area contributed by atoms with Gasteiger partial charge >= 0.3 is 0 Å². The average molecular weight is 376 g/mol. The molecule has 1 aromatic carbocycles. The zero-order valence-electron chi connectivity index (χ0n) is 15.4. The van der Waals surface area contributed by atoms with Crippen molar-refractivity contribution in [3.05, 3.63) is 35.2 Å². The number of hydrogen-bond acceptors (Lipinski definition) is 4. The Morgan fingerprint density at radius 2 is 2.19 bits per heavy atom. The molecule has 1 aromatic heterocycles. The van der Waals surface area contributed by atoms with Crippen LogP contribution in [-0.2, 0) is 6.42 Å². The molecular weight excluding hydrogens is 350 g/mol. The van der Waals surface area contributed by atoms with E-state index in [2.05, 4.69) is 32.7 Å². The van der Waals surface area contributed by atoms with E-state index in [9.17, 15) is 0 Å². The Morgan fingerprint density at radius 1 is 1.35 bits per heavy atom. The Bertz CT molecular complexity index is 748. The molecule has 0 amide bonds. The Kier molecular flexibility index (Phi) is 6.14. The highest BCUT2D eigenvalue weighted by Gasteiger charge is 2.34. The number of nitrogens with zero attached hydrogens (tertiary/aromatic N) is 3. The van der Waals surface area contributed by atoms with E-state index in [0.717, 1.165) is 18.1 Å². The lowest BCUT2D eigenvalue weighted by atomic mass is 9.67. The predicted octanol–water partition coefficient (Wildman–Crippen LogP) is 3.68. The van der Waals surface area contributed by atoms with E-state index in [1.54, 1.807) is 7.05 Å². The maximum atomic E-state index is 6.01. The van der Waals surface area contributed by atoms with Crippen LogP contribution < -0.4 is 10.6 Å². The molecule has 1 aliphatic carbocycles. The number of guanidine groups is 1. The van der Waals surface area contributed by atoms with Crippen molar-refractivity contribution in [2.45, 2.75) is 39.0 Å². The first-order valence-electron chi connectivity index (χ1n) is 9.17. The van der Waals surface area contributed by atoms with Crippen LogP contribution in [0.1, 0.15) is 38.5 Å². The van der Waals surface area contributed by atoms with E-state index in [1.807, 2.05) is 24.3 Å². The molecule has 0 spiro atoms. The van der Waals surface area contributed by atoms with Crippen LogP contribution in [0.3, 0.4) is 0 Å². The van der Waals surface area contributed by atoms with Gasteiger partial charge in [0.15, 0.2) is 5.96 Å². The maximum Gasteiger partial charge on any atom is 0.228 e. The Labute approximate surface area is 159 Å². The molecule has 6 nitrogen and oxygen atoms in total. The zero-order chi connectivity index (χ0) is 18.4. The quantitative estimate of drug-likeness (QED) is 0.570. The highest BCUT2D eigenvalue weighted by atomic mass is 35.5. The molecule has 7 heteroatoms. The van der Waals surface area contributed by atoms with Gasteiger partial charge < -0.3 is 15.2 Å². The van der Waals surface area contributed by atoms with Gasteiger partial charge in [-0.25, -0.2) is 0 Å². The fraction of sp³-hybridized carbons (Fsp3) is 0.526. The fourth-order valence-corrected chi connectivity index (χ4v) is 3.40. The molecule has 1 fully saturated rings. The molecule has 0 saturated heterocycles. The Morgan fingerprint density at radius 3 is 2.85 bits per heavy atom. The molecule has 0 bridgehead atoms. The molecule has 0 radical (unpaired) electrons. The monoisotopic (exact) mass is 375 g/mol. The highest BCUT2D eigenvalue weighted by Crippen LogP contribution is 2.42. The van der Waals surface area contributed by atoms with E-state index in [0.29, 0.717) is 35.1 Å². The summed E-state index contributed by atoms with van der Waals surface area (Å²) in [6.07, 6.45) is 5.80. The molecule has 1 saturated carbocycles. The van der Waals surface area contributed by atoms with Crippen LogP contribution in [0, 0.1) is 5.41 Å². The minimum Gasteiger partial charge on any atom is -0.356 e. The van der Waals surface area contributed by atoms with Crippen LogP contribution in [0.15, 0.2) is 33.8 Å². The number of benzene rings is 1. The van der Waals surface area contributed by atoms with Gasteiger partial charge in [-0.05, 0) is 36.8 Å². The van der Waals surface area contributed by atoms with Crippen molar-refractivity contribution >= 4 is 17.6 Å². The second-order valence-electron chi connectivity index (χ2n) is 6.83. The summed E-state index contributed by atoms with van der Waals surface area (Å²) in [5.41, 5.74) is 1.30. The highest BCUT2D eigenvalue weighted by molar-refractivity contribution is 6.30. The van der Waals surface area contributed by atoms with Crippen molar-refractivity contribution in [1.29, 1.82) is 0 Å². The van der Waals surface area contributed by atoms with Gasteiger partial charge in [-0.3, -0.25) is 4.99 Å². The van der Waals surface area contributed by atoms with Gasteiger partial charge in [-0.15, -0.1) is 0 Å². The smallest absolute Gasteiger partial charge is 0.228 e. The van der Waals surface area contributed by atoms with E-state index >= 15 is 0 Å². The number of aromatic nitrogens is 2. The Balaban J connectivity index is 1.47. The van der Waals surface area contributed by atoms with Gasteiger partial charge in [0.1, 0.15) is 0 Å². The SMILES string of the molecule is CCC1(CNC(=NC)NCCc2nc(-c3cccc(Cl)c3)no2)CCC1. The summed E-state index contributed by atoms with van der Waals surface area (Å²) in [6, 6.07) is 7.43. The third kappa shape index (κ3) is 4.55. The van der Waals surface area contributed by atoms with Crippen molar-refractivity contribution < 1.29 is 4.52 Å². The van der Waals surface area contributed by atoms with Crippen LogP contribution in [0.2, 0.25) is 5.02 Å². The summed E-state index contributed by atoms with van der Waals surface area (Å²) < 4.78 is 5.33. The van der Waals surface area contributed by atoms with Crippen molar-refractivity contribution in [2.75, 3.05) is 20.1 Å². The van der Waals surface area contributed by atoms with Gasteiger partial charge in [0.05, 0.1) is 0 Å². The summed E-state index contributed by atoms with van der Waals surface area (Å²) in [5.74, 6) is 1.96. The van der Waals surface area contributed by atoms with Crippen LogP contribution in [0.25, 0.3) is 11.4 Å².